The summed E-state index contributed by atoms with van der Waals surface area (Å²) in [4.78, 5) is 33.0. The lowest BCUT2D eigenvalue weighted by Gasteiger charge is -2.43. The summed E-state index contributed by atoms with van der Waals surface area (Å²) in [5.74, 6) is 0.391. The van der Waals surface area contributed by atoms with Crippen molar-refractivity contribution < 1.29 is 9.59 Å². The van der Waals surface area contributed by atoms with E-state index in [2.05, 4.69) is 35.2 Å². The van der Waals surface area contributed by atoms with Gasteiger partial charge in [0, 0.05) is 50.7 Å². The number of hydrogen-bond donors (Lipinski definition) is 0. The highest BCUT2D eigenvalue weighted by atomic mass is 16.2. The summed E-state index contributed by atoms with van der Waals surface area (Å²) in [6.45, 7) is 10.9. The third kappa shape index (κ3) is 4.29. The molecule has 0 N–H and O–H groups in total. The minimum atomic E-state index is -0.315. The first kappa shape index (κ1) is 22.9. The summed E-state index contributed by atoms with van der Waals surface area (Å²) < 4.78 is 0. The normalized spacial score (nSPS) is 18.6. The molecule has 0 bridgehead atoms. The molecular formula is C29H35N3O2. The van der Waals surface area contributed by atoms with Crippen molar-refractivity contribution in [3.8, 4) is 0 Å². The summed E-state index contributed by atoms with van der Waals surface area (Å²) >= 11 is 0. The predicted octanol–water partition coefficient (Wildman–Crippen LogP) is 4.79. The van der Waals surface area contributed by atoms with Crippen LogP contribution in [0.3, 0.4) is 0 Å². The molecule has 0 radical (unpaired) electrons. The number of carbonyl (C=O) groups is 2. The summed E-state index contributed by atoms with van der Waals surface area (Å²) in [5, 5.41) is 4.29. The van der Waals surface area contributed by atoms with Crippen LogP contribution in [-0.4, -0.2) is 71.8 Å². The molecule has 2 aliphatic heterocycles. The lowest BCUT2D eigenvalue weighted by molar-refractivity contribution is -0.141. The number of likely N-dealkylation sites (tertiary alicyclic amines) is 1. The van der Waals surface area contributed by atoms with Gasteiger partial charge in [-0.15, -0.1) is 0 Å². The first-order valence-corrected chi connectivity index (χ1v) is 12.6. The van der Waals surface area contributed by atoms with Crippen LogP contribution in [0.2, 0.25) is 0 Å². The maximum atomic E-state index is 13.8. The van der Waals surface area contributed by atoms with Gasteiger partial charge in [0.05, 0.1) is 5.56 Å². The van der Waals surface area contributed by atoms with Gasteiger partial charge in [0.2, 0.25) is 5.91 Å². The average Bonchev–Trinajstić information content (AvgIpc) is 2.86. The molecule has 178 valence electrons. The molecule has 5 heteroatoms. The van der Waals surface area contributed by atoms with E-state index >= 15 is 0 Å². The molecule has 0 spiro atoms. The highest BCUT2D eigenvalue weighted by Gasteiger charge is 2.34. The van der Waals surface area contributed by atoms with Crippen LogP contribution in [-0.2, 0) is 4.79 Å². The second-order valence-electron chi connectivity index (χ2n) is 10.8. The Kier molecular flexibility index (Phi) is 6.07. The fourth-order valence-corrected chi connectivity index (χ4v) is 5.60. The van der Waals surface area contributed by atoms with E-state index in [1.165, 1.54) is 0 Å². The van der Waals surface area contributed by atoms with Crippen LogP contribution in [0.5, 0.6) is 0 Å². The Morgan fingerprint density at radius 1 is 0.735 bits per heavy atom. The smallest absolute Gasteiger partial charge is 0.255 e. The highest BCUT2D eigenvalue weighted by Crippen LogP contribution is 2.30. The van der Waals surface area contributed by atoms with Gasteiger partial charge in [0.25, 0.3) is 5.91 Å². The fraction of sp³-hybridized carbons (Fsp3) is 0.448. The number of piperazine rings is 1. The Labute approximate surface area is 202 Å². The van der Waals surface area contributed by atoms with Gasteiger partial charge in [-0.25, -0.2) is 0 Å². The largest absolute Gasteiger partial charge is 0.342 e. The minimum absolute atomic E-state index is 0.137. The topological polar surface area (TPSA) is 43.9 Å². The molecule has 0 saturated carbocycles. The fourth-order valence-electron chi connectivity index (χ4n) is 5.60. The molecule has 0 atom stereocenters. The van der Waals surface area contributed by atoms with Crippen LogP contribution >= 0.6 is 0 Å². The van der Waals surface area contributed by atoms with Gasteiger partial charge >= 0.3 is 0 Å². The molecule has 34 heavy (non-hydrogen) atoms. The van der Waals surface area contributed by atoms with Crippen LogP contribution < -0.4 is 0 Å². The molecule has 2 fully saturated rings. The van der Waals surface area contributed by atoms with E-state index in [0.717, 1.165) is 79.2 Å². The van der Waals surface area contributed by atoms with Crippen LogP contribution in [0, 0.1) is 5.41 Å². The van der Waals surface area contributed by atoms with Crippen molar-refractivity contribution in [2.24, 2.45) is 5.41 Å². The maximum Gasteiger partial charge on any atom is 0.255 e. The molecule has 0 aliphatic carbocycles. The summed E-state index contributed by atoms with van der Waals surface area (Å²) in [7, 11) is 0. The van der Waals surface area contributed by atoms with Crippen molar-refractivity contribution in [1.29, 1.82) is 0 Å². The average molecular weight is 458 g/mol. The number of amides is 2. The zero-order chi connectivity index (χ0) is 23.9. The third-order valence-electron chi connectivity index (χ3n) is 7.50. The number of piperidine rings is 1. The second kappa shape index (κ2) is 9.03. The number of fused-ring (bicyclic) bond motifs is 2. The molecular weight excluding hydrogens is 422 g/mol. The lowest BCUT2D eigenvalue weighted by atomic mass is 9.92. The quantitative estimate of drug-likeness (QED) is 0.520. The zero-order valence-electron chi connectivity index (χ0n) is 20.6. The number of nitrogens with zero attached hydrogens (tertiary/aromatic N) is 3. The monoisotopic (exact) mass is 457 g/mol. The Morgan fingerprint density at radius 2 is 1.26 bits per heavy atom. The Hall–Kier alpha value is -2.92. The van der Waals surface area contributed by atoms with E-state index in [-0.39, 0.29) is 17.2 Å². The lowest BCUT2D eigenvalue weighted by Crippen LogP contribution is -2.55. The van der Waals surface area contributed by atoms with Crippen LogP contribution in [0.15, 0.2) is 54.6 Å². The van der Waals surface area contributed by atoms with Crippen molar-refractivity contribution in [3.05, 3.63) is 60.2 Å². The van der Waals surface area contributed by atoms with E-state index in [0.29, 0.717) is 6.04 Å². The Morgan fingerprint density at radius 3 is 1.79 bits per heavy atom. The molecule has 2 saturated heterocycles. The van der Waals surface area contributed by atoms with E-state index in [4.69, 9.17) is 0 Å². The van der Waals surface area contributed by atoms with Gasteiger partial charge in [-0.05, 0) is 40.5 Å². The summed E-state index contributed by atoms with van der Waals surface area (Å²) in [6.07, 6.45) is 2.04. The molecule has 3 aromatic rings. The van der Waals surface area contributed by atoms with Crippen molar-refractivity contribution >= 4 is 33.4 Å². The number of hydrogen-bond acceptors (Lipinski definition) is 3. The number of rotatable bonds is 2. The molecule has 2 aliphatic rings. The molecule has 3 aromatic carbocycles. The first-order valence-electron chi connectivity index (χ1n) is 12.6. The molecule has 5 nitrogen and oxygen atoms in total. The van der Waals surface area contributed by atoms with E-state index in [9.17, 15) is 9.59 Å². The first-order chi connectivity index (χ1) is 16.3. The number of benzene rings is 3. The number of carbonyl (C=O) groups excluding carboxylic acids is 2. The van der Waals surface area contributed by atoms with E-state index < -0.39 is 0 Å². The standard InChI is InChI=1S/C29H35N3O2/c1-29(2,3)28(34)32-14-12-23(13-15-32)30-16-18-31(19-17-30)27(33)26-24-10-6-4-8-21(24)20-22-9-5-7-11-25(22)26/h4-11,20,23H,12-19H2,1-3H3. The second-order valence-corrected chi connectivity index (χ2v) is 10.8. The highest BCUT2D eigenvalue weighted by molar-refractivity contribution is 6.18. The summed E-state index contributed by atoms with van der Waals surface area (Å²) in [6, 6.07) is 19.1. The van der Waals surface area contributed by atoms with Crippen molar-refractivity contribution in [2.75, 3.05) is 39.3 Å². The van der Waals surface area contributed by atoms with Crippen LogP contribution in [0.4, 0.5) is 0 Å². The molecule has 0 unspecified atom stereocenters. The van der Waals surface area contributed by atoms with Gasteiger partial charge < -0.3 is 9.80 Å². The zero-order valence-corrected chi connectivity index (χ0v) is 20.6. The van der Waals surface area contributed by atoms with Crippen molar-refractivity contribution in [1.82, 2.24) is 14.7 Å². The van der Waals surface area contributed by atoms with E-state index in [1.54, 1.807) is 0 Å². The predicted molar refractivity (Wildman–Crippen MR) is 138 cm³/mol. The van der Waals surface area contributed by atoms with Crippen LogP contribution in [0.25, 0.3) is 21.5 Å². The Bertz CT molecular complexity index is 1160. The van der Waals surface area contributed by atoms with Gasteiger partial charge in [-0.2, -0.15) is 0 Å². The van der Waals surface area contributed by atoms with Gasteiger partial charge in [-0.1, -0.05) is 69.3 Å². The SMILES string of the molecule is CC(C)(C)C(=O)N1CCC(N2CCN(C(=O)c3c4ccccc4cc4ccccc34)CC2)CC1. The van der Waals surface area contributed by atoms with Crippen LogP contribution in [0.1, 0.15) is 44.0 Å². The van der Waals surface area contributed by atoms with E-state index in [1.807, 2.05) is 54.8 Å². The van der Waals surface area contributed by atoms with Crippen molar-refractivity contribution in [2.45, 2.75) is 39.7 Å². The maximum absolute atomic E-state index is 13.8. The minimum Gasteiger partial charge on any atom is -0.342 e. The summed E-state index contributed by atoms with van der Waals surface area (Å²) in [5.41, 5.74) is 0.515. The molecule has 5 rings (SSSR count). The molecule has 2 heterocycles. The van der Waals surface area contributed by atoms with Crippen molar-refractivity contribution in [3.63, 3.8) is 0 Å². The van der Waals surface area contributed by atoms with Gasteiger partial charge in [-0.3, -0.25) is 14.5 Å². The van der Waals surface area contributed by atoms with Gasteiger partial charge in [0.1, 0.15) is 0 Å². The molecule has 2 amide bonds. The van der Waals surface area contributed by atoms with Gasteiger partial charge in [0.15, 0.2) is 0 Å². The molecule has 0 aromatic heterocycles. The third-order valence-corrected chi connectivity index (χ3v) is 7.50. The Balaban J connectivity index is 1.28.